The van der Waals surface area contributed by atoms with E-state index in [0.717, 1.165) is 5.57 Å². The van der Waals surface area contributed by atoms with Crippen LogP contribution in [0.3, 0.4) is 0 Å². The van der Waals surface area contributed by atoms with E-state index >= 15 is 0 Å². The van der Waals surface area contributed by atoms with Crippen LogP contribution in [0.2, 0.25) is 0 Å². The van der Waals surface area contributed by atoms with Gasteiger partial charge in [0.05, 0.1) is 0 Å². The summed E-state index contributed by atoms with van der Waals surface area (Å²) in [6, 6.07) is 0. The van der Waals surface area contributed by atoms with Crippen molar-refractivity contribution in [3.8, 4) is 0 Å². The van der Waals surface area contributed by atoms with Crippen molar-refractivity contribution >= 4 is 11.9 Å². The standard InChI is InChI=1S/C15H21NO3/c1-10-8-16(14(18)19-15(2,3)4)9-11-5-6-12(17)7-13(10)11/h5-6,10H,7-9H2,1-4H3. The molecule has 0 saturated heterocycles. The number of ketones is 1. The van der Waals surface area contributed by atoms with Gasteiger partial charge in [-0.05, 0) is 38.3 Å². The van der Waals surface area contributed by atoms with Gasteiger partial charge in [0.1, 0.15) is 5.60 Å². The lowest BCUT2D eigenvalue weighted by atomic mass is 9.84. The number of rotatable bonds is 0. The number of amides is 1. The number of carbonyl (C=O) groups is 2. The van der Waals surface area contributed by atoms with E-state index in [-0.39, 0.29) is 17.8 Å². The quantitative estimate of drug-likeness (QED) is 0.675. The summed E-state index contributed by atoms with van der Waals surface area (Å²) in [5, 5.41) is 0. The van der Waals surface area contributed by atoms with Crippen LogP contribution in [0.5, 0.6) is 0 Å². The van der Waals surface area contributed by atoms with Crippen LogP contribution >= 0.6 is 0 Å². The van der Waals surface area contributed by atoms with Crippen molar-refractivity contribution in [1.29, 1.82) is 0 Å². The van der Waals surface area contributed by atoms with Gasteiger partial charge >= 0.3 is 6.09 Å². The third-order valence-corrected chi connectivity index (χ3v) is 3.35. The van der Waals surface area contributed by atoms with E-state index in [4.69, 9.17) is 4.74 Å². The molecule has 0 bridgehead atoms. The van der Waals surface area contributed by atoms with Crippen molar-refractivity contribution < 1.29 is 14.3 Å². The van der Waals surface area contributed by atoms with Gasteiger partial charge in [0.2, 0.25) is 0 Å². The Balaban J connectivity index is 2.12. The average molecular weight is 263 g/mol. The zero-order chi connectivity index (χ0) is 14.2. The molecule has 0 N–H and O–H groups in total. The summed E-state index contributed by atoms with van der Waals surface area (Å²) in [6.45, 7) is 8.80. The highest BCUT2D eigenvalue weighted by Crippen LogP contribution is 2.30. The molecule has 4 nitrogen and oxygen atoms in total. The van der Waals surface area contributed by atoms with Crippen LogP contribution in [-0.2, 0) is 9.53 Å². The highest BCUT2D eigenvalue weighted by molar-refractivity contribution is 5.94. The molecule has 0 aromatic carbocycles. The van der Waals surface area contributed by atoms with Crippen molar-refractivity contribution in [1.82, 2.24) is 4.90 Å². The number of carbonyl (C=O) groups excluding carboxylic acids is 2. The predicted molar refractivity (Wildman–Crippen MR) is 72.8 cm³/mol. The Morgan fingerprint density at radius 1 is 1.37 bits per heavy atom. The number of allylic oxidation sites excluding steroid dienone is 1. The summed E-state index contributed by atoms with van der Waals surface area (Å²) in [6.07, 6.45) is 3.66. The van der Waals surface area contributed by atoms with Gasteiger partial charge < -0.3 is 9.64 Å². The van der Waals surface area contributed by atoms with Crippen LogP contribution in [0, 0.1) is 5.92 Å². The average Bonchev–Trinajstić information content (AvgIpc) is 2.27. The maximum atomic E-state index is 12.1. The van der Waals surface area contributed by atoms with Gasteiger partial charge in [0.25, 0.3) is 0 Å². The minimum Gasteiger partial charge on any atom is -0.444 e. The van der Waals surface area contributed by atoms with Gasteiger partial charge in [0.15, 0.2) is 5.78 Å². The smallest absolute Gasteiger partial charge is 0.410 e. The topological polar surface area (TPSA) is 46.6 Å². The minimum absolute atomic E-state index is 0.149. The molecule has 19 heavy (non-hydrogen) atoms. The molecule has 104 valence electrons. The molecule has 2 rings (SSSR count). The Morgan fingerprint density at radius 2 is 2.05 bits per heavy atom. The first kappa shape index (κ1) is 13.8. The van der Waals surface area contributed by atoms with Gasteiger partial charge in [-0.15, -0.1) is 0 Å². The van der Waals surface area contributed by atoms with Crippen LogP contribution in [-0.4, -0.2) is 35.5 Å². The van der Waals surface area contributed by atoms with E-state index < -0.39 is 5.60 Å². The Kier molecular flexibility index (Phi) is 3.52. The van der Waals surface area contributed by atoms with Gasteiger partial charge in [-0.3, -0.25) is 4.79 Å². The summed E-state index contributed by atoms with van der Waals surface area (Å²) >= 11 is 0. The van der Waals surface area contributed by atoms with Crippen LogP contribution in [0.15, 0.2) is 23.3 Å². The first-order valence-corrected chi connectivity index (χ1v) is 6.67. The van der Waals surface area contributed by atoms with E-state index in [9.17, 15) is 9.59 Å². The third kappa shape index (κ3) is 3.25. The summed E-state index contributed by atoms with van der Waals surface area (Å²) in [5.41, 5.74) is 1.78. The molecular formula is C15H21NO3. The maximum absolute atomic E-state index is 12.1. The number of hydrogen-bond donors (Lipinski definition) is 0. The first-order valence-electron chi connectivity index (χ1n) is 6.67. The monoisotopic (exact) mass is 263 g/mol. The van der Waals surface area contributed by atoms with E-state index in [1.165, 1.54) is 5.57 Å². The fourth-order valence-electron chi connectivity index (χ4n) is 2.48. The van der Waals surface area contributed by atoms with E-state index in [1.807, 2.05) is 26.8 Å². The lowest BCUT2D eigenvalue weighted by molar-refractivity contribution is -0.114. The molecule has 0 spiro atoms. The lowest BCUT2D eigenvalue weighted by Gasteiger charge is -2.36. The second-order valence-corrected chi connectivity index (χ2v) is 6.29. The Morgan fingerprint density at radius 3 is 2.68 bits per heavy atom. The van der Waals surface area contributed by atoms with Crippen molar-refractivity contribution in [2.24, 2.45) is 5.92 Å². The predicted octanol–water partition coefficient (Wildman–Crippen LogP) is 2.70. The normalized spacial score (nSPS) is 23.5. The molecule has 1 amide bonds. The molecule has 0 aromatic heterocycles. The Labute approximate surface area is 114 Å². The van der Waals surface area contributed by atoms with Crippen LogP contribution in [0.25, 0.3) is 0 Å². The number of ether oxygens (including phenoxy) is 1. The van der Waals surface area contributed by atoms with Crippen LogP contribution < -0.4 is 0 Å². The molecule has 0 fully saturated rings. The zero-order valence-corrected chi connectivity index (χ0v) is 12.0. The summed E-state index contributed by atoms with van der Waals surface area (Å²) < 4.78 is 5.40. The highest BCUT2D eigenvalue weighted by Gasteiger charge is 2.31. The van der Waals surface area contributed by atoms with Gasteiger partial charge in [-0.2, -0.15) is 0 Å². The molecule has 4 heteroatoms. The summed E-state index contributed by atoms with van der Waals surface area (Å²) in [7, 11) is 0. The molecule has 2 aliphatic rings. The molecule has 0 aromatic rings. The van der Waals surface area contributed by atoms with Crippen LogP contribution in [0.4, 0.5) is 4.79 Å². The summed E-state index contributed by atoms with van der Waals surface area (Å²) in [5.74, 6) is 0.362. The fourth-order valence-corrected chi connectivity index (χ4v) is 2.48. The highest BCUT2D eigenvalue weighted by atomic mass is 16.6. The fraction of sp³-hybridized carbons (Fsp3) is 0.600. The SMILES string of the molecule is CC1CN(C(=O)OC(C)(C)C)CC2=C1CC(=O)C=C2. The summed E-state index contributed by atoms with van der Waals surface area (Å²) in [4.78, 5) is 25.2. The van der Waals surface area contributed by atoms with Crippen LogP contribution in [0.1, 0.15) is 34.1 Å². The van der Waals surface area contributed by atoms with Gasteiger partial charge in [-0.1, -0.05) is 18.6 Å². The second-order valence-electron chi connectivity index (χ2n) is 6.29. The minimum atomic E-state index is -0.479. The van der Waals surface area contributed by atoms with E-state index in [1.54, 1.807) is 11.0 Å². The van der Waals surface area contributed by atoms with E-state index in [2.05, 4.69) is 6.92 Å². The van der Waals surface area contributed by atoms with E-state index in [0.29, 0.717) is 19.5 Å². The molecule has 1 heterocycles. The molecular weight excluding hydrogens is 242 g/mol. The maximum Gasteiger partial charge on any atom is 0.410 e. The molecule has 1 atom stereocenters. The Bertz CT molecular complexity index is 468. The molecule has 1 aliphatic heterocycles. The molecule has 1 unspecified atom stereocenters. The molecule has 1 aliphatic carbocycles. The molecule has 0 radical (unpaired) electrons. The van der Waals surface area contributed by atoms with Crippen molar-refractivity contribution in [3.05, 3.63) is 23.3 Å². The van der Waals surface area contributed by atoms with Crippen molar-refractivity contribution in [2.45, 2.75) is 39.7 Å². The van der Waals surface area contributed by atoms with Gasteiger partial charge in [-0.25, -0.2) is 4.79 Å². The van der Waals surface area contributed by atoms with Gasteiger partial charge in [0, 0.05) is 19.5 Å². The third-order valence-electron chi connectivity index (χ3n) is 3.35. The molecule has 0 saturated carbocycles. The Hall–Kier alpha value is -1.58. The number of hydrogen-bond acceptors (Lipinski definition) is 3. The largest absolute Gasteiger partial charge is 0.444 e. The van der Waals surface area contributed by atoms with Crippen molar-refractivity contribution in [2.75, 3.05) is 13.1 Å². The first-order chi connectivity index (χ1) is 8.76. The van der Waals surface area contributed by atoms with Crippen molar-refractivity contribution in [3.63, 3.8) is 0 Å². The second kappa shape index (κ2) is 4.83. The number of nitrogens with zero attached hydrogens (tertiary/aromatic N) is 1. The lowest BCUT2D eigenvalue weighted by Crippen LogP contribution is -2.43. The zero-order valence-electron chi connectivity index (χ0n) is 12.0.